The first-order valence-electron chi connectivity index (χ1n) is 7.69. The van der Waals surface area contributed by atoms with Gasteiger partial charge in [-0.15, -0.1) is 0 Å². The fourth-order valence-corrected chi connectivity index (χ4v) is 3.13. The van der Waals surface area contributed by atoms with Crippen LogP contribution in [-0.4, -0.2) is 42.7 Å². The van der Waals surface area contributed by atoms with Crippen LogP contribution in [0, 0.1) is 5.41 Å². The molecule has 2 rings (SSSR count). The number of methoxy groups -OCH3 is 1. The van der Waals surface area contributed by atoms with Crippen LogP contribution in [0.5, 0.6) is 0 Å². The van der Waals surface area contributed by atoms with E-state index < -0.39 is 17.6 Å². The van der Waals surface area contributed by atoms with Gasteiger partial charge >= 0.3 is 12.1 Å². The molecule has 23 heavy (non-hydrogen) atoms. The van der Waals surface area contributed by atoms with Crippen LogP contribution in [0.3, 0.4) is 0 Å². The number of hydrogen-bond acceptors (Lipinski definition) is 5. The Labute approximate surface area is 136 Å². The van der Waals surface area contributed by atoms with Crippen molar-refractivity contribution in [2.75, 3.05) is 13.7 Å². The number of nitrogens with zero attached hydrogens (tertiary/aromatic N) is 1. The molecule has 1 saturated heterocycles. The van der Waals surface area contributed by atoms with Crippen LogP contribution in [0.2, 0.25) is 0 Å². The van der Waals surface area contributed by atoms with E-state index in [1.54, 1.807) is 18.7 Å². The lowest BCUT2D eigenvalue weighted by atomic mass is 9.81. The van der Waals surface area contributed by atoms with E-state index in [0.717, 1.165) is 5.56 Å². The lowest BCUT2D eigenvalue weighted by Crippen LogP contribution is -2.54. The first-order chi connectivity index (χ1) is 10.9. The number of rotatable bonds is 4. The van der Waals surface area contributed by atoms with Crippen molar-refractivity contribution in [3.8, 4) is 0 Å². The van der Waals surface area contributed by atoms with Gasteiger partial charge in [-0.25, -0.2) is 4.79 Å². The van der Waals surface area contributed by atoms with Crippen LogP contribution < -0.4 is 5.73 Å². The quantitative estimate of drug-likeness (QED) is 0.857. The standard InChI is InChI=1S/C17H24N2O4/c1-17(2,15(20)22-3)14-13(18)9-10-19(14)16(21)23-11-12-7-5-4-6-8-12/h4-8,13-14H,9-11,18H2,1-3H3/t13-,14-/m0/s1. The second kappa shape index (κ2) is 7.00. The molecule has 0 unspecified atom stereocenters. The molecule has 1 aliphatic rings. The Hall–Kier alpha value is -2.08. The maximum absolute atomic E-state index is 12.4. The van der Waals surface area contributed by atoms with Crippen molar-refractivity contribution >= 4 is 12.1 Å². The van der Waals surface area contributed by atoms with Crippen LogP contribution >= 0.6 is 0 Å². The van der Waals surface area contributed by atoms with Crippen molar-refractivity contribution in [3.05, 3.63) is 35.9 Å². The van der Waals surface area contributed by atoms with Gasteiger partial charge in [0.1, 0.15) is 6.61 Å². The number of carbonyl (C=O) groups excluding carboxylic acids is 2. The number of nitrogens with two attached hydrogens (primary N) is 1. The van der Waals surface area contributed by atoms with E-state index in [2.05, 4.69) is 0 Å². The van der Waals surface area contributed by atoms with Gasteiger partial charge in [-0.1, -0.05) is 30.3 Å². The van der Waals surface area contributed by atoms with E-state index in [-0.39, 0.29) is 18.6 Å². The Morgan fingerprint density at radius 3 is 2.57 bits per heavy atom. The van der Waals surface area contributed by atoms with Gasteiger partial charge in [0.2, 0.25) is 0 Å². The molecule has 1 amide bonds. The summed E-state index contributed by atoms with van der Waals surface area (Å²) in [4.78, 5) is 26.0. The summed E-state index contributed by atoms with van der Waals surface area (Å²) in [5.41, 5.74) is 6.15. The van der Waals surface area contributed by atoms with Gasteiger partial charge < -0.3 is 20.1 Å². The third-order valence-electron chi connectivity index (χ3n) is 4.34. The predicted molar refractivity (Wildman–Crippen MR) is 85.5 cm³/mol. The summed E-state index contributed by atoms with van der Waals surface area (Å²) in [6.07, 6.45) is 0.176. The Kier molecular flexibility index (Phi) is 5.26. The zero-order valence-electron chi connectivity index (χ0n) is 13.8. The first-order valence-corrected chi connectivity index (χ1v) is 7.69. The molecule has 1 aromatic rings. The van der Waals surface area contributed by atoms with E-state index in [1.165, 1.54) is 7.11 Å². The summed E-state index contributed by atoms with van der Waals surface area (Å²) >= 11 is 0. The van der Waals surface area contributed by atoms with Crippen molar-refractivity contribution in [2.45, 2.75) is 39.0 Å². The molecule has 126 valence electrons. The minimum atomic E-state index is -0.892. The van der Waals surface area contributed by atoms with Crippen LogP contribution in [0.25, 0.3) is 0 Å². The van der Waals surface area contributed by atoms with Crippen LogP contribution in [0.1, 0.15) is 25.8 Å². The summed E-state index contributed by atoms with van der Waals surface area (Å²) in [6, 6.07) is 8.72. The van der Waals surface area contributed by atoms with Gasteiger partial charge in [-0.3, -0.25) is 4.79 Å². The smallest absolute Gasteiger partial charge is 0.410 e. The molecule has 0 saturated carbocycles. The van der Waals surface area contributed by atoms with Crippen LogP contribution in [-0.2, 0) is 20.9 Å². The van der Waals surface area contributed by atoms with Crippen molar-refractivity contribution in [2.24, 2.45) is 11.1 Å². The minimum Gasteiger partial charge on any atom is -0.469 e. The molecule has 1 aliphatic heterocycles. The molecule has 0 aliphatic carbocycles. The zero-order valence-corrected chi connectivity index (χ0v) is 13.8. The third kappa shape index (κ3) is 3.64. The fraction of sp³-hybridized carbons (Fsp3) is 0.529. The average molecular weight is 320 g/mol. The number of amides is 1. The summed E-state index contributed by atoms with van der Waals surface area (Å²) in [5, 5.41) is 0. The lowest BCUT2D eigenvalue weighted by molar-refractivity contribution is -0.154. The van der Waals surface area contributed by atoms with E-state index in [9.17, 15) is 9.59 Å². The summed E-state index contributed by atoms with van der Waals surface area (Å²) in [7, 11) is 1.34. The van der Waals surface area contributed by atoms with Gasteiger partial charge in [-0.05, 0) is 25.8 Å². The Balaban J connectivity index is 2.07. The number of ether oxygens (including phenoxy) is 2. The molecule has 0 spiro atoms. The third-order valence-corrected chi connectivity index (χ3v) is 4.34. The Morgan fingerprint density at radius 2 is 1.96 bits per heavy atom. The second-order valence-corrected chi connectivity index (χ2v) is 6.34. The first kappa shape index (κ1) is 17.3. The van der Waals surface area contributed by atoms with Gasteiger partial charge in [-0.2, -0.15) is 0 Å². The number of esters is 1. The Morgan fingerprint density at radius 1 is 1.30 bits per heavy atom. The summed E-state index contributed by atoms with van der Waals surface area (Å²) in [6.45, 7) is 4.15. The number of carbonyl (C=O) groups is 2. The van der Waals surface area contributed by atoms with Crippen molar-refractivity contribution in [3.63, 3.8) is 0 Å². The minimum absolute atomic E-state index is 0.191. The highest BCUT2D eigenvalue weighted by Crippen LogP contribution is 2.34. The molecular weight excluding hydrogens is 296 g/mol. The van der Waals surface area contributed by atoms with Gasteiger partial charge in [0.25, 0.3) is 0 Å². The number of hydrogen-bond donors (Lipinski definition) is 1. The molecule has 0 aromatic heterocycles. The molecule has 0 radical (unpaired) electrons. The van der Waals surface area contributed by atoms with Crippen LogP contribution in [0.4, 0.5) is 4.79 Å². The number of benzene rings is 1. The SMILES string of the molecule is COC(=O)C(C)(C)[C@@H]1[C@@H](N)CCN1C(=O)OCc1ccccc1. The second-order valence-electron chi connectivity index (χ2n) is 6.34. The molecule has 6 heteroatoms. The molecular formula is C17H24N2O4. The highest BCUT2D eigenvalue weighted by molar-refractivity contribution is 5.79. The average Bonchev–Trinajstić information content (AvgIpc) is 2.95. The normalized spacial score (nSPS) is 21.1. The van der Waals surface area contributed by atoms with Gasteiger partial charge in [0.05, 0.1) is 18.6 Å². The molecule has 6 nitrogen and oxygen atoms in total. The van der Waals surface area contributed by atoms with Gasteiger partial charge in [0.15, 0.2) is 0 Å². The van der Waals surface area contributed by atoms with Crippen molar-refractivity contribution in [1.82, 2.24) is 4.90 Å². The highest BCUT2D eigenvalue weighted by atomic mass is 16.6. The largest absolute Gasteiger partial charge is 0.469 e. The maximum Gasteiger partial charge on any atom is 0.410 e. The van der Waals surface area contributed by atoms with E-state index in [4.69, 9.17) is 15.2 Å². The molecule has 2 N–H and O–H groups in total. The Bertz CT molecular complexity index is 559. The zero-order chi connectivity index (χ0) is 17.0. The summed E-state index contributed by atoms with van der Waals surface area (Å²) < 4.78 is 10.2. The monoisotopic (exact) mass is 320 g/mol. The van der Waals surface area contributed by atoms with E-state index >= 15 is 0 Å². The van der Waals surface area contributed by atoms with E-state index in [1.807, 2.05) is 30.3 Å². The fourth-order valence-electron chi connectivity index (χ4n) is 3.13. The predicted octanol–water partition coefficient (Wildman–Crippen LogP) is 1.92. The molecule has 1 heterocycles. The maximum atomic E-state index is 12.4. The topological polar surface area (TPSA) is 81.9 Å². The summed E-state index contributed by atoms with van der Waals surface area (Å²) in [5.74, 6) is -0.388. The number of likely N-dealkylation sites (tertiary alicyclic amines) is 1. The molecule has 1 aromatic carbocycles. The van der Waals surface area contributed by atoms with E-state index in [0.29, 0.717) is 13.0 Å². The molecule has 0 bridgehead atoms. The van der Waals surface area contributed by atoms with Crippen LogP contribution in [0.15, 0.2) is 30.3 Å². The highest BCUT2D eigenvalue weighted by Gasteiger charge is 2.49. The molecule has 2 atom stereocenters. The van der Waals surface area contributed by atoms with Crippen molar-refractivity contribution < 1.29 is 19.1 Å². The lowest BCUT2D eigenvalue weighted by Gasteiger charge is -2.36. The van der Waals surface area contributed by atoms with Crippen molar-refractivity contribution in [1.29, 1.82) is 0 Å². The molecule has 1 fully saturated rings. The van der Waals surface area contributed by atoms with Gasteiger partial charge in [0, 0.05) is 12.6 Å².